The highest BCUT2D eigenvalue weighted by Crippen LogP contribution is 2.05. The zero-order chi connectivity index (χ0) is 10.4. The molecule has 0 aromatic carbocycles. The van der Waals surface area contributed by atoms with Crippen LogP contribution in [-0.4, -0.2) is 28.0 Å². The molecule has 0 saturated heterocycles. The first-order valence-electron chi connectivity index (χ1n) is 4.76. The molecule has 1 rings (SSSR count). The first-order chi connectivity index (χ1) is 6.72. The fourth-order valence-corrected chi connectivity index (χ4v) is 1.64. The second kappa shape index (κ2) is 5.86. The quantitative estimate of drug-likeness (QED) is 0.811. The maximum absolute atomic E-state index is 4.20. The van der Waals surface area contributed by atoms with Gasteiger partial charge in [-0.25, -0.2) is 9.97 Å². The van der Waals surface area contributed by atoms with Gasteiger partial charge in [0.15, 0.2) is 0 Å². The van der Waals surface area contributed by atoms with E-state index in [0.717, 1.165) is 17.9 Å². The molecule has 1 atom stereocenters. The Morgan fingerprint density at radius 1 is 1.43 bits per heavy atom. The van der Waals surface area contributed by atoms with E-state index in [1.54, 1.807) is 0 Å². The fourth-order valence-electron chi connectivity index (χ4n) is 1.05. The molecule has 0 saturated carbocycles. The molecule has 4 heteroatoms. The summed E-state index contributed by atoms with van der Waals surface area (Å²) in [5.74, 6) is 1.89. The van der Waals surface area contributed by atoms with E-state index >= 15 is 0 Å². The highest BCUT2D eigenvalue weighted by Gasteiger charge is 2.02. The summed E-state index contributed by atoms with van der Waals surface area (Å²) in [4.78, 5) is 8.39. The number of aromatic nitrogens is 2. The van der Waals surface area contributed by atoms with Crippen molar-refractivity contribution >= 4 is 17.7 Å². The van der Waals surface area contributed by atoms with Gasteiger partial charge in [-0.2, -0.15) is 11.8 Å². The molecule has 1 heterocycles. The predicted octanol–water partition coefficient (Wildman–Crippen LogP) is 2.34. The van der Waals surface area contributed by atoms with E-state index in [2.05, 4.69) is 28.5 Å². The van der Waals surface area contributed by atoms with Crippen LogP contribution in [0, 0.1) is 6.92 Å². The van der Waals surface area contributed by atoms with Gasteiger partial charge in [-0.3, -0.25) is 0 Å². The fraction of sp³-hybridized carbons (Fsp3) is 0.600. The number of nitrogens with zero attached hydrogens (tertiary/aromatic N) is 2. The first-order valence-corrected chi connectivity index (χ1v) is 6.16. The lowest BCUT2D eigenvalue weighted by atomic mass is 10.3. The minimum atomic E-state index is 0.435. The average molecular weight is 211 g/mol. The number of anilines is 1. The molecule has 0 spiro atoms. The zero-order valence-corrected chi connectivity index (χ0v) is 9.77. The SMILES string of the molecule is CSCCC(C)Nc1ncc(C)cn1. The summed E-state index contributed by atoms with van der Waals surface area (Å²) in [6.07, 6.45) is 6.92. The third kappa shape index (κ3) is 3.96. The topological polar surface area (TPSA) is 37.8 Å². The normalized spacial score (nSPS) is 12.5. The largest absolute Gasteiger partial charge is 0.352 e. The average Bonchev–Trinajstić information content (AvgIpc) is 2.18. The van der Waals surface area contributed by atoms with Crippen LogP contribution in [0.4, 0.5) is 5.95 Å². The van der Waals surface area contributed by atoms with Gasteiger partial charge >= 0.3 is 0 Å². The van der Waals surface area contributed by atoms with Crippen molar-refractivity contribution in [3.8, 4) is 0 Å². The lowest BCUT2D eigenvalue weighted by Gasteiger charge is -2.12. The Kier molecular flexibility index (Phi) is 4.73. The second-order valence-electron chi connectivity index (χ2n) is 3.41. The minimum Gasteiger partial charge on any atom is -0.352 e. The van der Waals surface area contributed by atoms with Gasteiger partial charge in [0.05, 0.1) is 0 Å². The Morgan fingerprint density at radius 3 is 2.64 bits per heavy atom. The van der Waals surface area contributed by atoms with Crippen molar-refractivity contribution in [2.45, 2.75) is 26.3 Å². The van der Waals surface area contributed by atoms with Crippen LogP contribution in [0.3, 0.4) is 0 Å². The van der Waals surface area contributed by atoms with Crippen molar-refractivity contribution in [3.05, 3.63) is 18.0 Å². The maximum atomic E-state index is 4.20. The van der Waals surface area contributed by atoms with Crippen molar-refractivity contribution in [1.29, 1.82) is 0 Å². The Balaban J connectivity index is 2.39. The number of aryl methyl sites for hydroxylation is 1. The molecule has 0 fully saturated rings. The maximum Gasteiger partial charge on any atom is 0.222 e. The van der Waals surface area contributed by atoms with E-state index < -0.39 is 0 Å². The van der Waals surface area contributed by atoms with E-state index in [1.807, 2.05) is 31.1 Å². The van der Waals surface area contributed by atoms with Crippen LogP contribution in [0.25, 0.3) is 0 Å². The standard InChI is InChI=1S/C10H17N3S/c1-8-6-11-10(12-7-8)13-9(2)4-5-14-3/h6-7,9H,4-5H2,1-3H3,(H,11,12,13). The molecule has 1 aromatic heterocycles. The van der Waals surface area contributed by atoms with E-state index in [9.17, 15) is 0 Å². The molecular weight excluding hydrogens is 194 g/mol. The molecule has 78 valence electrons. The van der Waals surface area contributed by atoms with Gasteiger partial charge < -0.3 is 5.32 Å². The Labute approximate surface area is 89.7 Å². The summed E-state index contributed by atoms with van der Waals surface area (Å²) < 4.78 is 0. The highest BCUT2D eigenvalue weighted by molar-refractivity contribution is 7.98. The molecule has 0 aliphatic carbocycles. The van der Waals surface area contributed by atoms with Crippen LogP contribution < -0.4 is 5.32 Å². The van der Waals surface area contributed by atoms with Crippen LogP contribution in [-0.2, 0) is 0 Å². The van der Waals surface area contributed by atoms with E-state index in [-0.39, 0.29) is 0 Å². The second-order valence-corrected chi connectivity index (χ2v) is 4.40. The van der Waals surface area contributed by atoms with Gasteiger partial charge in [-0.15, -0.1) is 0 Å². The third-order valence-corrected chi connectivity index (χ3v) is 2.56. The van der Waals surface area contributed by atoms with Crippen molar-refractivity contribution in [2.24, 2.45) is 0 Å². The van der Waals surface area contributed by atoms with Crippen molar-refractivity contribution in [2.75, 3.05) is 17.3 Å². The molecule has 0 aliphatic rings. The van der Waals surface area contributed by atoms with E-state index in [4.69, 9.17) is 0 Å². The minimum absolute atomic E-state index is 0.435. The van der Waals surface area contributed by atoms with Gasteiger partial charge in [0, 0.05) is 18.4 Å². The number of nitrogens with one attached hydrogen (secondary N) is 1. The van der Waals surface area contributed by atoms with Crippen molar-refractivity contribution < 1.29 is 0 Å². The Morgan fingerprint density at radius 2 is 2.07 bits per heavy atom. The summed E-state index contributed by atoms with van der Waals surface area (Å²) in [6.45, 7) is 4.14. The van der Waals surface area contributed by atoms with Gasteiger partial charge in [-0.05, 0) is 37.8 Å². The molecule has 1 N–H and O–H groups in total. The Hall–Kier alpha value is -0.770. The summed E-state index contributed by atoms with van der Waals surface area (Å²) in [7, 11) is 0. The number of hydrogen-bond donors (Lipinski definition) is 1. The molecular formula is C10H17N3S. The van der Waals surface area contributed by atoms with E-state index in [0.29, 0.717) is 6.04 Å². The van der Waals surface area contributed by atoms with Crippen molar-refractivity contribution in [3.63, 3.8) is 0 Å². The molecule has 0 bridgehead atoms. The lowest BCUT2D eigenvalue weighted by molar-refractivity contribution is 0.759. The van der Waals surface area contributed by atoms with Crippen LogP contribution in [0.5, 0.6) is 0 Å². The molecule has 1 aromatic rings. The number of thioether (sulfide) groups is 1. The highest BCUT2D eigenvalue weighted by atomic mass is 32.2. The first kappa shape index (κ1) is 11.3. The van der Waals surface area contributed by atoms with Gasteiger partial charge in [0.1, 0.15) is 0 Å². The van der Waals surface area contributed by atoms with Crippen LogP contribution >= 0.6 is 11.8 Å². The lowest BCUT2D eigenvalue weighted by Crippen LogP contribution is -2.17. The third-order valence-electron chi connectivity index (χ3n) is 1.91. The Bertz CT molecular complexity index is 261. The van der Waals surface area contributed by atoms with Crippen molar-refractivity contribution in [1.82, 2.24) is 9.97 Å². The summed E-state index contributed by atoms with van der Waals surface area (Å²) in [5.41, 5.74) is 1.09. The molecule has 0 radical (unpaired) electrons. The monoisotopic (exact) mass is 211 g/mol. The summed E-state index contributed by atoms with van der Waals surface area (Å²) >= 11 is 1.86. The molecule has 0 aliphatic heterocycles. The molecule has 14 heavy (non-hydrogen) atoms. The van der Waals surface area contributed by atoms with Crippen LogP contribution in [0.2, 0.25) is 0 Å². The van der Waals surface area contributed by atoms with Crippen LogP contribution in [0.1, 0.15) is 18.9 Å². The number of rotatable bonds is 5. The molecule has 3 nitrogen and oxygen atoms in total. The smallest absolute Gasteiger partial charge is 0.222 e. The van der Waals surface area contributed by atoms with Crippen LogP contribution in [0.15, 0.2) is 12.4 Å². The zero-order valence-electron chi connectivity index (χ0n) is 8.95. The summed E-state index contributed by atoms with van der Waals surface area (Å²) in [5, 5.41) is 3.27. The predicted molar refractivity (Wildman–Crippen MR) is 62.9 cm³/mol. The van der Waals surface area contributed by atoms with Gasteiger partial charge in [-0.1, -0.05) is 0 Å². The summed E-state index contributed by atoms with van der Waals surface area (Å²) in [6, 6.07) is 0.435. The van der Waals surface area contributed by atoms with Gasteiger partial charge in [0.25, 0.3) is 0 Å². The molecule has 1 unspecified atom stereocenters. The molecule has 0 amide bonds. The van der Waals surface area contributed by atoms with E-state index in [1.165, 1.54) is 5.75 Å². The number of hydrogen-bond acceptors (Lipinski definition) is 4. The van der Waals surface area contributed by atoms with Gasteiger partial charge in [0.2, 0.25) is 5.95 Å².